The summed E-state index contributed by atoms with van der Waals surface area (Å²) in [5, 5.41) is 9.72. The van der Waals surface area contributed by atoms with E-state index in [2.05, 4.69) is 0 Å². The van der Waals surface area contributed by atoms with Crippen LogP contribution in [0.25, 0.3) is 0 Å². The first-order valence-electron chi connectivity index (χ1n) is 4.90. The fourth-order valence-electron chi connectivity index (χ4n) is 1.48. The number of carbonyl (C=O) groups excluding carboxylic acids is 1. The summed E-state index contributed by atoms with van der Waals surface area (Å²) < 4.78 is 0. The van der Waals surface area contributed by atoms with E-state index in [0.717, 1.165) is 25.9 Å². The Bertz CT molecular complexity index is 190. The molecule has 3 heteroatoms. The minimum Gasteiger partial charge on any atom is -0.383 e. The standard InChI is InChI=1S/C10H19NO2/c1-10(2,3)8(12)9(13)11-6-4-5-7-11/h8,12H,4-7H2,1-3H3. The van der Waals surface area contributed by atoms with Crippen LogP contribution in [0.3, 0.4) is 0 Å². The summed E-state index contributed by atoms with van der Waals surface area (Å²) in [7, 11) is 0. The molecule has 1 aliphatic rings. The highest BCUT2D eigenvalue weighted by Crippen LogP contribution is 2.22. The van der Waals surface area contributed by atoms with Crippen LogP contribution in [0.4, 0.5) is 0 Å². The molecule has 0 aliphatic carbocycles. The normalized spacial score (nSPS) is 20.5. The number of likely N-dealkylation sites (tertiary alicyclic amines) is 1. The van der Waals surface area contributed by atoms with Crippen LogP contribution in [-0.2, 0) is 4.79 Å². The van der Waals surface area contributed by atoms with Crippen molar-refractivity contribution in [1.82, 2.24) is 4.90 Å². The van der Waals surface area contributed by atoms with Gasteiger partial charge in [-0.2, -0.15) is 0 Å². The van der Waals surface area contributed by atoms with E-state index in [9.17, 15) is 9.90 Å². The maximum atomic E-state index is 11.7. The summed E-state index contributed by atoms with van der Waals surface area (Å²) in [5.41, 5.74) is -0.348. The molecule has 1 rings (SSSR count). The average Bonchev–Trinajstić information content (AvgIpc) is 2.51. The lowest BCUT2D eigenvalue weighted by molar-refractivity contribution is -0.144. The quantitative estimate of drug-likeness (QED) is 0.662. The van der Waals surface area contributed by atoms with Crippen molar-refractivity contribution >= 4 is 5.91 Å². The molecule has 0 spiro atoms. The van der Waals surface area contributed by atoms with Crippen molar-refractivity contribution < 1.29 is 9.90 Å². The lowest BCUT2D eigenvalue weighted by Gasteiger charge is -2.28. The molecule has 1 atom stereocenters. The van der Waals surface area contributed by atoms with Crippen molar-refractivity contribution in [3.63, 3.8) is 0 Å². The summed E-state index contributed by atoms with van der Waals surface area (Å²) in [6, 6.07) is 0. The Morgan fingerprint density at radius 2 is 1.77 bits per heavy atom. The molecule has 0 aromatic carbocycles. The molecule has 1 N–H and O–H groups in total. The first-order chi connectivity index (χ1) is 5.93. The van der Waals surface area contributed by atoms with Crippen molar-refractivity contribution in [2.24, 2.45) is 5.41 Å². The molecule has 1 saturated heterocycles. The Morgan fingerprint density at radius 1 is 1.31 bits per heavy atom. The van der Waals surface area contributed by atoms with Crippen molar-refractivity contribution in [1.29, 1.82) is 0 Å². The van der Waals surface area contributed by atoms with E-state index in [4.69, 9.17) is 0 Å². The Morgan fingerprint density at radius 3 is 2.15 bits per heavy atom. The molecular weight excluding hydrogens is 166 g/mol. The highest BCUT2D eigenvalue weighted by atomic mass is 16.3. The van der Waals surface area contributed by atoms with Crippen LogP contribution in [0.2, 0.25) is 0 Å². The third-order valence-corrected chi connectivity index (χ3v) is 2.47. The number of rotatable bonds is 1. The number of nitrogens with zero attached hydrogens (tertiary/aromatic N) is 1. The van der Waals surface area contributed by atoms with E-state index in [1.807, 2.05) is 20.8 Å². The van der Waals surface area contributed by atoms with Gasteiger partial charge in [0, 0.05) is 13.1 Å². The lowest BCUT2D eigenvalue weighted by atomic mass is 9.88. The van der Waals surface area contributed by atoms with Crippen molar-refractivity contribution in [2.75, 3.05) is 13.1 Å². The highest BCUT2D eigenvalue weighted by molar-refractivity contribution is 5.81. The number of hydrogen-bond acceptors (Lipinski definition) is 2. The lowest BCUT2D eigenvalue weighted by Crippen LogP contribution is -2.43. The van der Waals surface area contributed by atoms with Crippen LogP contribution in [0.5, 0.6) is 0 Å². The van der Waals surface area contributed by atoms with Gasteiger partial charge in [0.15, 0.2) is 0 Å². The largest absolute Gasteiger partial charge is 0.383 e. The maximum absolute atomic E-state index is 11.7. The minimum absolute atomic E-state index is 0.106. The summed E-state index contributed by atoms with van der Waals surface area (Å²) in [6.45, 7) is 7.26. The van der Waals surface area contributed by atoms with Gasteiger partial charge in [0.05, 0.1) is 0 Å². The number of amides is 1. The summed E-state index contributed by atoms with van der Waals surface area (Å²) in [6.07, 6.45) is 1.29. The molecule has 3 nitrogen and oxygen atoms in total. The van der Waals surface area contributed by atoms with Gasteiger partial charge in [0.2, 0.25) is 0 Å². The Hall–Kier alpha value is -0.570. The first-order valence-corrected chi connectivity index (χ1v) is 4.90. The molecule has 1 unspecified atom stereocenters. The van der Waals surface area contributed by atoms with Gasteiger partial charge >= 0.3 is 0 Å². The summed E-state index contributed by atoms with van der Waals surface area (Å²) >= 11 is 0. The van der Waals surface area contributed by atoms with Crippen LogP contribution in [0.15, 0.2) is 0 Å². The highest BCUT2D eigenvalue weighted by Gasteiger charge is 2.33. The molecule has 1 fully saturated rings. The third kappa shape index (κ3) is 2.44. The van der Waals surface area contributed by atoms with Crippen LogP contribution in [0, 0.1) is 5.41 Å². The predicted octanol–water partition coefficient (Wildman–Crippen LogP) is 1.02. The molecule has 1 aliphatic heterocycles. The molecule has 0 bridgehead atoms. The summed E-state index contributed by atoms with van der Waals surface area (Å²) in [5.74, 6) is -0.106. The van der Waals surface area contributed by atoms with E-state index in [0.29, 0.717) is 0 Å². The van der Waals surface area contributed by atoms with Crippen molar-refractivity contribution in [3.8, 4) is 0 Å². The number of aliphatic hydroxyl groups is 1. The van der Waals surface area contributed by atoms with Gasteiger partial charge < -0.3 is 10.0 Å². The van der Waals surface area contributed by atoms with E-state index < -0.39 is 6.10 Å². The van der Waals surface area contributed by atoms with Crippen LogP contribution < -0.4 is 0 Å². The molecule has 13 heavy (non-hydrogen) atoms. The number of hydrogen-bond donors (Lipinski definition) is 1. The Labute approximate surface area is 79.7 Å². The molecule has 1 heterocycles. The number of aliphatic hydroxyl groups excluding tert-OH is 1. The zero-order chi connectivity index (χ0) is 10.1. The van der Waals surface area contributed by atoms with Gasteiger partial charge in [-0.25, -0.2) is 0 Å². The Balaban J connectivity index is 2.56. The van der Waals surface area contributed by atoms with E-state index in [-0.39, 0.29) is 11.3 Å². The van der Waals surface area contributed by atoms with Gasteiger partial charge in [-0.1, -0.05) is 20.8 Å². The second-order valence-corrected chi connectivity index (χ2v) is 4.80. The monoisotopic (exact) mass is 185 g/mol. The van der Waals surface area contributed by atoms with Crippen LogP contribution >= 0.6 is 0 Å². The average molecular weight is 185 g/mol. The van der Waals surface area contributed by atoms with Gasteiger partial charge in [0.1, 0.15) is 6.10 Å². The maximum Gasteiger partial charge on any atom is 0.251 e. The van der Waals surface area contributed by atoms with Gasteiger partial charge in [-0.3, -0.25) is 4.79 Å². The number of carbonyl (C=O) groups is 1. The van der Waals surface area contributed by atoms with Gasteiger partial charge in [-0.15, -0.1) is 0 Å². The fourth-order valence-corrected chi connectivity index (χ4v) is 1.48. The first kappa shape index (κ1) is 10.5. The molecule has 1 amide bonds. The predicted molar refractivity (Wildman–Crippen MR) is 51.3 cm³/mol. The molecule has 0 saturated carbocycles. The van der Waals surface area contributed by atoms with E-state index in [1.165, 1.54) is 0 Å². The second kappa shape index (κ2) is 3.66. The zero-order valence-electron chi connectivity index (χ0n) is 8.71. The smallest absolute Gasteiger partial charge is 0.251 e. The fraction of sp³-hybridized carbons (Fsp3) is 0.900. The SMILES string of the molecule is CC(C)(C)C(O)C(=O)N1CCCC1. The zero-order valence-corrected chi connectivity index (χ0v) is 8.71. The Kier molecular flexibility index (Phi) is 2.96. The molecule has 76 valence electrons. The second-order valence-electron chi connectivity index (χ2n) is 4.80. The minimum atomic E-state index is -0.856. The van der Waals surface area contributed by atoms with Gasteiger partial charge in [-0.05, 0) is 18.3 Å². The molecule has 0 radical (unpaired) electrons. The summed E-state index contributed by atoms with van der Waals surface area (Å²) in [4.78, 5) is 13.4. The topological polar surface area (TPSA) is 40.5 Å². The van der Waals surface area contributed by atoms with E-state index in [1.54, 1.807) is 4.90 Å². The molecular formula is C10H19NO2. The molecule has 0 aromatic rings. The van der Waals surface area contributed by atoms with Crippen LogP contribution in [0.1, 0.15) is 33.6 Å². The molecule has 0 aromatic heterocycles. The van der Waals surface area contributed by atoms with Crippen molar-refractivity contribution in [3.05, 3.63) is 0 Å². The van der Waals surface area contributed by atoms with Crippen LogP contribution in [-0.4, -0.2) is 35.1 Å². The van der Waals surface area contributed by atoms with E-state index >= 15 is 0 Å². The third-order valence-electron chi connectivity index (χ3n) is 2.47. The van der Waals surface area contributed by atoms with Crippen molar-refractivity contribution in [2.45, 2.75) is 39.7 Å². The van der Waals surface area contributed by atoms with Gasteiger partial charge in [0.25, 0.3) is 5.91 Å².